The molecule has 3 heterocycles. The molecule has 8 nitrogen and oxygen atoms in total. The smallest absolute Gasteiger partial charge is 0.417 e. The lowest BCUT2D eigenvalue weighted by atomic mass is 9.87. The average Bonchev–Trinajstić information content (AvgIpc) is 3.26. The van der Waals surface area contributed by atoms with Crippen molar-refractivity contribution in [3.63, 3.8) is 0 Å². The molecule has 0 spiro atoms. The predicted molar refractivity (Wildman–Crippen MR) is 123 cm³/mol. The molecule has 1 aromatic heterocycles. The Labute approximate surface area is 203 Å². The Morgan fingerprint density at radius 3 is 2.66 bits per heavy atom. The van der Waals surface area contributed by atoms with E-state index in [9.17, 15) is 26.4 Å². The van der Waals surface area contributed by atoms with Gasteiger partial charge in [-0.15, -0.1) is 0 Å². The van der Waals surface area contributed by atoms with Crippen molar-refractivity contribution >= 4 is 45.5 Å². The van der Waals surface area contributed by atoms with Crippen LogP contribution in [0.4, 0.5) is 18.9 Å². The number of ketones is 1. The van der Waals surface area contributed by atoms with Gasteiger partial charge >= 0.3 is 6.18 Å². The lowest BCUT2D eigenvalue weighted by Crippen LogP contribution is -2.28. The first-order valence-electron chi connectivity index (χ1n) is 10.2. The number of Topliss-reactive ketones (excluding diaryl/α,β-unsaturated/α-hetero) is 1. The van der Waals surface area contributed by atoms with E-state index < -0.39 is 49.5 Å². The highest BCUT2D eigenvalue weighted by atomic mass is 35.5. The van der Waals surface area contributed by atoms with Gasteiger partial charge in [-0.1, -0.05) is 11.6 Å². The minimum atomic E-state index is -4.86. The van der Waals surface area contributed by atoms with Gasteiger partial charge < -0.3 is 4.74 Å². The van der Waals surface area contributed by atoms with Crippen LogP contribution in [0.3, 0.4) is 0 Å². The molecular formula is C22H18ClF3N4O4S. The van der Waals surface area contributed by atoms with E-state index in [2.05, 4.69) is 19.7 Å². The SMILES string of the molecule is COC1=C(C(=O)c2ncc(C)cc2NS(=O)(=O)c2ccc(Cl)c(C(F)(F)F)c2)C2CC=NC2N=C1. The summed E-state index contributed by atoms with van der Waals surface area (Å²) in [5, 5.41) is -0.643. The number of sulfonamides is 1. The van der Waals surface area contributed by atoms with Crippen molar-refractivity contribution in [2.75, 3.05) is 11.8 Å². The third-order valence-electron chi connectivity index (χ3n) is 5.46. The summed E-state index contributed by atoms with van der Waals surface area (Å²) in [6, 6.07) is 3.58. The van der Waals surface area contributed by atoms with Crippen molar-refractivity contribution in [3.05, 3.63) is 63.6 Å². The number of carbonyl (C=O) groups excluding carboxylic acids is 1. The van der Waals surface area contributed by atoms with Gasteiger partial charge in [-0.2, -0.15) is 13.2 Å². The molecule has 2 aliphatic heterocycles. The first-order valence-corrected chi connectivity index (χ1v) is 12.0. The number of ether oxygens (including phenoxy) is 1. The molecule has 0 saturated heterocycles. The lowest BCUT2D eigenvalue weighted by Gasteiger charge is -2.24. The fourth-order valence-corrected chi connectivity index (χ4v) is 5.11. The third-order valence-corrected chi connectivity index (χ3v) is 7.15. The number of halogens is 4. The second-order valence-corrected chi connectivity index (χ2v) is 9.92. The highest BCUT2D eigenvalue weighted by molar-refractivity contribution is 7.92. The first kappa shape index (κ1) is 24.9. The van der Waals surface area contributed by atoms with Crippen molar-refractivity contribution in [2.45, 2.75) is 30.6 Å². The van der Waals surface area contributed by atoms with E-state index in [0.29, 0.717) is 18.1 Å². The second kappa shape index (κ2) is 9.08. The minimum Gasteiger partial charge on any atom is -0.495 e. The number of dihydropyridines is 1. The molecule has 2 atom stereocenters. The highest BCUT2D eigenvalue weighted by Gasteiger charge is 2.38. The molecule has 0 amide bonds. The highest BCUT2D eigenvalue weighted by Crippen LogP contribution is 2.37. The maximum absolute atomic E-state index is 13.6. The molecule has 35 heavy (non-hydrogen) atoms. The monoisotopic (exact) mass is 526 g/mol. The molecule has 13 heteroatoms. The van der Waals surface area contributed by atoms with Crippen LogP contribution in [0.2, 0.25) is 5.02 Å². The largest absolute Gasteiger partial charge is 0.495 e. The molecule has 0 radical (unpaired) electrons. The van der Waals surface area contributed by atoms with Gasteiger partial charge in [-0.3, -0.25) is 24.5 Å². The van der Waals surface area contributed by atoms with Crippen LogP contribution < -0.4 is 4.72 Å². The number of nitrogens with one attached hydrogen (secondary N) is 1. The van der Waals surface area contributed by atoms with Crippen LogP contribution in [-0.2, 0) is 20.9 Å². The Hall–Kier alpha value is -3.25. The quantitative estimate of drug-likeness (QED) is 0.559. The number of anilines is 1. The first-order chi connectivity index (χ1) is 16.4. The van der Waals surface area contributed by atoms with Crippen LogP contribution in [0, 0.1) is 12.8 Å². The van der Waals surface area contributed by atoms with Crippen LogP contribution in [-0.4, -0.2) is 44.9 Å². The Morgan fingerprint density at radius 1 is 1.23 bits per heavy atom. The maximum Gasteiger partial charge on any atom is 0.417 e. The summed E-state index contributed by atoms with van der Waals surface area (Å²) in [7, 11) is -3.18. The second-order valence-electron chi connectivity index (χ2n) is 7.83. The van der Waals surface area contributed by atoms with E-state index in [4.69, 9.17) is 16.3 Å². The number of nitrogens with zero attached hydrogens (tertiary/aromatic N) is 3. The number of fused-ring (bicyclic) bond motifs is 1. The number of pyridine rings is 1. The van der Waals surface area contributed by atoms with E-state index in [0.717, 1.165) is 12.1 Å². The van der Waals surface area contributed by atoms with E-state index in [1.54, 1.807) is 13.1 Å². The fraction of sp³-hybridized carbons (Fsp3) is 0.273. The van der Waals surface area contributed by atoms with Gasteiger partial charge in [0.05, 0.1) is 40.1 Å². The Balaban J connectivity index is 1.76. The zero-order valence-corrected chi connectivity index (χ0v) is 19.9. The maximum atomic E-state index is 13.6. The number of aryl methyl sites for hydroxylation is 1. The van der Waals surface area contributed by atoms with Gasteiger partial charge in [0, 0.05) is 18.3 Å². The number of allylic oxidation sites excluding steroid dienone is 1. The normalized spacial score (nSPS) is 19.6. The molecular weight excluding hydrogens is 509 g/mol. The van der Waals surface area contributed by atoms with Gasteiger partial charge in [-0.25, -0.2) is 8.42 Å². The number of benzene rings is 1. The number of methoxy groups -OCH3 is 1. The molecule has 0 saturated carbocycles. The summed E-state index contributed by atoms with van der Waals surface area (Å²) in [5.74, 6) is -0.829. The summed E-state index contributed by atoms with van der Waals surface area (Å²) >= 11 is 5.61. The molecule has 0 fully saturated rings. The molecule has 1 aromatic carbocycles. The molecule has 184 valence electrons. The standard InChI is InChI=1S/C22H18ClF3N4O4S/c1-11-7-16(30-35(32,33)12-3-4-15(23)14(8-12)22(24,25)26)19(28-9-11)20(31)18-13-5-6-27-21(13)29-10-17(18)34-2/h3-4,6-10,13,21,30H,5H2,1-2H3. The topological polar surface area (TPSA) is 110 Å². The van der Waals surface area contributed by atoms with Gasteiger partial charge in [0.25, 0.3) is 10.0 Å². The Bertz CT molecular complexity index is 1400. The van der Waals surface area contributed by atoms with Gasteiger partial charge in [-0.05, 0) is 43.2 Å². The average molecular weight is 527 g/mol. The van der Waals surface area contributed by atoms with Crippen molar-refractivity contribution in [1.29, 1.82) is 0 Å². The third kappa shape index (κ3) is 4.80. The lowest BCUT2D eigenvalue weighted by molar-refractivity contribution is -0.137. The van der Waals surface area contributed by atoms with Gasteiger partial charge in [0.15, 0.2) is 0 Å². The van der Waals surface area contributed by atoms with Crippen LogP contribution in [0.5, 0.6) is 0 Å². The number of hydrogen-bond donors (Lipinski definition) is 1. The van der Waals surface area contributed by atoms with E-state index in [1.807, 2.05) is 0 Å². The molecule has 0 bridgehead atoms. The molecule has 2 aliphatic rings. The Morgan fingerprint density at radius 2 is 1.97 bits per heavy atom. The zero-order valence-electron chi connectivity index (χ0n) is 18.3. The number of aromatic nitrogens is 1. The van der Waals surface area contributed by atoms with Crippen molar-refractivity contribution in [3.8, 4) is 0 Å². The summed E-state index contributed by atoms with van der Waals surface area (Å²) in [4.78, 5) is 25.5. The molecule has 4 rings (SSSR count). The molecule has 0 aliphatic carbocycles. The summed E-state index contributed by atoms with van der Waals surface area (Å²) < 4.78 is 73.3. The summed E-state index contributed by atoms with van der Waals surface area (Å²) in [6.45, 7) is 1.62. The number of alkyl halides is 3. The van der Waals surface area contributed by atoms with Gasteiger partial charge in [0.1, 0.15) is 17.6 Å². The number of hydrogen-bond acceptors (Lipinski definition) is 7. The zero-order chi connectivity index (χ0) is 25.5. The van der Waals surface area contributed by atoms with E-state index >= 15 is 0 Å². The van der Waals surface area contributed by atoms with Crippen molar-refractivity contribution in [1.82, 2.24) is 4.98 Å². The number of rotatable bonds is 6. The van der Waals surface area contributed by atoms with Crippen LogP contribution >= 0.6 is 11.6 Å². The van der Waals surface area contributed by atoms with E-state index in [-0.39, 0.29) is 22.7 Å². The van der Waals surface area contributed by atoms with Crippen molar-refractivity contribution in [2.24, 2.45) is 15.9 Å². The molecule has 1 N–H and O–H groups in total. The van der Waals surface area contributed by atoms with Crippen LogP contribution in [0.1, 0.15) is 28.0 Å². The predicted octanol–water partition coefficient (Wildman–Crippen LogP) is 4.45. The minimum absolute atomic E-state index is 0.195. The summed E-state index contributed by atoms with van der Waals surface area (Å²) in [5.41, 5.74) is -0.995. The van der Waals surface area contributed by atoms with Crippen LogP contribution in [0.15, 0.2) is 56.7 Å². The van der Waals surface area contributed by atoms with Gasteiger partial charge in [0.2, 0.25) is 5.78 Å². The molecule has 2 unspecified atom stereocenters. The number of aliphatic imine (C=N–C) groups is 2. The molecule has 2 aromatic rings. The fourth-order valence-electron chi connectivity index (χ4n) is 3.80. The Kier molecular flexibility index (Phi) is 6.45. The van der Waals surface area contributed by atoms with E-state index in [1.165, 1.54) is 25.6 Å². The van der Waals surface area contributed by atoms with Crippen LogP contribution in [0.25, 0.3) is 0 Å². The number of carbonyl (C=O) groups is 1. The summed E-state index contributed by atoms with van der Waals surface area (Å²) in [6.07, 6.45) is -0.547. The van der Waals surface area contributed by atoms with Crippen molar-refractivity contribution < 1.29 is 31.1 Å².